The van der Waals surface area contributed by atoms with Crippen molar-refractivity contribution in [2.75, 3.05) is 0 Å². The molecule has 0 unspecified atom stereocenters. The highest BCUT2D eigenvalue weighted by molar-refractivity contribution is 7.27. The minimum Gasteiger partial charge on any atom is -0.455 e. The molecule has 0 bridgehead atoms. The van der Waals surface area contributed by atoms with Crippen molar-refractivity contribution in [2.24, 2.45) is 0 Å². The van der Waals surface area contributed by atoms with Gasteiger partial charge in [-0.25, -0.2) is 15.0 Å². The summed E-state index contributed by atoms with van der Waals surface area (Å²) in [7, 11) is 0. The lowest BCUT2D eigenvalue weighted by Crippen LogP contribution is -2.22. The molecule has 7 aromatic heterocycles. The number of benzene rings is 20. The van der Waals surface area contributed by atoms with Gasteiger partial charge in [-0.3, -0.25) is 4.98 Å². The number of rotatable bonds is 9. The standard InChI is InChI=1S/C46H33NS.C44H29NO.C40H24N2S/c1-3-46(4-2)39-16-10-9-15-34(39)38-26-32(20-23-40(38)46)41-27-37(31-18-17-28-11-5-6-13-30(28)25-31)35-22-24-42-43(44(35)47-41)36-21-19-29-12-7-8-14-33(29)45(36)48-42;1-44(2)37-14-8-7-13-32(37)33-19-18-30(24-38(33)44)39-25-36(29-16-15-26-9-3-4-11-28(26)23-29)34-21-22-40-41(42(34)45-39)35-20-17-27-10-5-6-12-31(27)43(35)46-40;1-3-14-29-25(9-1)11-8-16-31(29)39-32-20-21-37-38(33-19-18-26-10-2-4-15-30(26)40(33)43-37)34(32)24-36(42-39)28-13-7-12-27(23-28)35-17-5-6-22-41-35/h5-27H,3-4H2,1-2H3;3-25H,1-2H3;1-24H. The third-order valence-corrected chi connectivity index (χ3v) is 32.3. The summed E-state index contributed by atoms with van der Waals surface area (Å²) in [6.45, 7) is 9.34. The largest absolute Gasteiger partial charge is 0.455 e. The molecule has 0 radical (unpaired) electrons. The first kappa shape index (κ1) is 80.2. The van der Waals surface area contributed by atoms with Crippen LogP contribution in [0, 0.1) is 0 Å². The Balaban J connectivity index is 0.000000104. The molecular formula is C130H86N4OS2. The molecule has 644 valence electrons. The number of hydrogen-bond donors (Lipinski definition) is 0. The van der Waals surface area contributed by atoms with Crippen LogP contribution in [0.4, 0.5) is 0 Å². The lowest BCUT2D eigenvalue weighted by atomic mass is 9.74. The first-order chi connectivity index (χ1) is 67.5. The number of furan rings is 1. The molecule has 0 fully saturated rings. The van der Waals surface area contributed by atoms with Crippen molar-refractivity contribution < 1.29 is 4.42 Å². The fraction of sp³-hybridized carbons (Fsp3) is 0.0615. The maximum absolute atomic E-state index is 6.61. The predicted octanol–water partition coefficient (Wildman–Crippen LogP) is 36.7. The smallest absolute Gasteiger partial charge is 0.143 e. The van der Waals surface area contributed by atoms with Gasteiger partial charge in [-0.15, -0.1) is 22.7 Å². The van der Waals surface area contributed by atoms with Crippen molar-refractivity contribution in [3.63, 3.8) is 0 Å². The summed E-state index contributed by atoms with van der Waals surface area (Å²) in [6, 6.07) is 152. The van der Waals surface area contributed by atoms with Gasteiger partial charge in [0.2, 0.25) is 0 Å². The molecule has 27 aromatic rings. The molecule has 2 aliphatic rings. The summed E-state index contributed by atoms with van der Waals surface area (Å²) in [6.07, 6.45) is 4.02. The molecule has 0 amide bonds. The monoisotopic (exact) mass is 1780 g/mol. The first-order valence-corrected chi connectivity index (χ1v) is 49.2. The summed E-state index contributed by atoms with van der Waals surface area (Å²) < 4.78 is 11.8. The number of hydrogen-bond acceptors (Lipinski definition) is 7. The Hall–Kier alpha value is -16.4. The summed E-state index contributed by atoms with van der Waals surface area (Å²) in [5, 5.41) is 26.9. The second-order valence-electron chi connectivity index (χ2n) is 37.4. The lowest BCUT2D eigenvalue weighted by molar-refractivity contribution is 0.490. The molecule has 0 saturated carbocycles. The fourth-order valence-electron chi connectivity index (χ4n) is 23.0. The number of thiophene rings is 2. The Labute approximate surface area is 799 Å². The molecule has 0 saturated heterocycles. The van der Waals surface area contributed by atoms with E-state index in [0.717, 1.165) is 113 Å². The van der Waals surface area contributed by atoms with E-state index in [1.165, 1.54) is 183 Å². The van der Waals surface area contributed by atoms with Gasteiger partial charge >= 0.3 is 0 Å². The number of aromatic nitrogens is 4. The third kappa shape index (κ3) is 12.8. The van der Waals surface area contributed by atoms with Crippen LogP contribution in [-0.2, 0) is 10.8 Å². The van der Waals surface area contributed by atoms with Crippen molar-refractivity contribution in [1.82, 2.24) is 19.9 Å². The highest BCUT2D eigenvalue weighted by Crippen LogP contribution is 2.56. The van der Waals surface area contributed by atoms with E-state index in [9.17, 15) is 0 Å². The van der Waals surface area contributed by atoms with Crippen molar-refractivity contribution in [3.8, 4) is 101 Å². The van der Waals surface area contributed by atoms with E-state index in [1.807, 2.05) is 41.0 Å². The van der Waals surface area contributed by atoms with Crippen LogP contribution in [0.2, 0.25) is 0 Å². The predicted molar refractivity (Wildman–Crippen MR) is 584 cm³/mol. The second kappa shape index (κ2) is 31.6. The van der Waals surface area contributed by atoms with Gasteiger partial charge in [-0.2, -0.15) is 0 Å². The Bertz CT molecular complexity index is 9770. The molecule has 5 nitrogen and oxygen atoms in total. The zero-order valence-corrected chi connectivity index (χ0v) is 77.5. The minimum atomic E-state index is -0.0883. The van der Waals surface area contributed by atoms with Gasteiger partial charge in [0.15, 0.2) is 0 Å². The molecule has 7 heterocycles. The Morgan fingerprint density at radius 1 is 0.248 bits per heavy atom. The molecule has 137 heavy (non-hydrogen) atoms. The molecule has 7 heteroatoms. The van der Waals surface area contributed by atoms with E-state index in [1.54, 1.807) is 0 Å². The van der Waals surface area contributed by atoms with Crippen LogP contribution in [0.5, 0.6) is 0 Å². The fourth-order valence-corrected chi connectivity index (χ4v) is 25.5. The van der Waals surface area contributed by atoms with E-state index >= 15 is 0 Å². The zero-order valence-electron chi connectivity index (χ0n) is 75.8. The molecule has 0 N–H and O–H groups in total. The minimum absolute atomic E-state index is 0.0576. The Morgan fingerprint density at radius 3 is 1.36 bits per heavy atom. The molecule has 0 spiro atoms. The maximum Gasteiger partial charge on any atom is 0.143 e. The van der Waals surface area contributed by atoms with Crippen LogP contribution in [0.3, 0.4) is 0 Å². The Kier molecular flexibility index (Phi) is 18.5. The van der Waals surface area contributed by atoms with Gasteiger partial charge in [0, 0.05) is 112 Å². The highest BCUT2D eigenvalue weighted by atomic mass is 32.1. The molecule has 0 aliphatic heterocycles. The summed E-state index contributed by atoms with van der Waals surface area (Å²) in [5.74, 6) is 0. The molecule has 0 atom stereocenters. The van der Waals surface area contributed by atoms with Gasteiger partial charge in [0.05, 0.1) is 44.9 Å². The molecular weight excluding hydrogens is 1700 g/mol. The van der Waals surface area contributed by atoms with Crippen molar-refractivity contribution in [1.29, 1.82) is 0 Å². The van der Waals surface area contributed by atoms with E-state index in [2.05, 4.69) is 439 Å². The van der Waals surface area contributed by atoms with E-state index in [-0.39, 0.29) is 10.8 Å². The normalized spacial score (nSPS) is 13.0. The summed E-state index contributed by atoms with van der Waals surface area (Å²) in [5.41, 5.74) is 30.1. The van der Waals surface area contributed by atoms with E-state index in [4.69, 9.17) is 19.4 Å². The van der Waals surface area contributed by atoms with Crippen molar-refractivity contribution >= 4 is 182 Å². The second-order valence-corrected chi connectivity index (χ2v) is 39.5. The molecule has 2 aliphatic carbocycles. The average molecular weight is 1780 g/mol. The number of pyridine rings is 4. The highest BCUT2D eigenvalue weighted by Gasteiger charge is 2.41. The number of fused-ring (bicyclic) bond motifs is 30. The van der Waals surface area contributed by atoms with Gasteiger partial charge in [0.25, 0.3) is 0 Å². The SMILES string of the molecule is CC1(C)c2ccccc2-c2ccc(-c3cc(-c4ccc5ccccc5c4)c4ccc5oc6c7ccccc7ccc6c5c4n3)cc21.CCC1(CC)c2ccccc2-c2cc(-c3cc(-c4ccc5ccccc5c4)c4ccc5sc6c7ccccc7ccc6c5c4n3)ccc21.c1ccc(-c2cccc(-c3cc4c(ccc5sc6c7ccccc7ccc6c54)c(-c4cccc5ccccc45)n3)c2)nc1. The summed E-state index contributed by atoms with van der Waals surface area (Å²) in [4.78, 5) is 21.1. The zero-order chi connectivity index (χ0) is 90.9. The first-order valence-electron chi connectivity index (χ1n) is 47.5. The third-order valence-electron chi connectivity index (χ3n) is 29.9. The quantitative estimate of drug-likeness (QED) is 0.144. The van der Waals surface area contributed by atoms with Crippen LogP contribution in [0.15, 0.2) is 429 Å². The van der Waals surface area contributed by atoms with Crippen molar-refractivity contribution in [2.45, 2.75) is 51.4 Å². The van der Waals surface area contributed by atoms with Crippen LogP contribution in [-0.4, -0.2) is 19.9 Å². The maximum atomic E-state index is 6.61. The van der Waals surface area contributed by atoms with Gasteiger partial charge < -0.3 is 4.42 Å². The molecule has 29 rings (SSSR count). The van der Waals surface area contributed by atoms with E-state index in [0.29, 0.717) is 0 Å². The summed E-state index contributed by atoms with van der Waals surface area (Å²) >= 11 is 3.77. The molecule has 20 aromatic carbocycles. The van der Waals surface area contributed by atoms with Gasteiger partial charge in [0.1, 0.15) is 11.2 Å². The van der Waals surface area contributed by atoms with Crippen LogP contribution >= 0.6 is 22.7 Å². The van der Waals surface area contributed by atoms with E-state index < -0.39 is 0 Å². The van der Waals surface area contributed by atoms with Gasteiger partial charge in [-0.05, 0) is 235 Å². The van der Waals surface area contributed by atoms with Crippen LogP contribution in [0.25, 0.3) is 260 Å². The van der Waals surface area contributed by atoms with Crippen LogP contribution < -0.4 is 0 Å². The number of nitrogens with zero attached hydrogens (tertiary/aromatic N) is 4. The average Bonchev–Trinajstić information content (AvgIpc) is 1.59. The van der Waals surface area contributed by atoms with Gasteiger partial charge in [-0.1, -0.05) is 355 Å². The Morgan fingerprint density at radius 2 is 0.701 bits per heavy atom. The topological polar surface area (TPSA) is 64.7 Å². The van der Waals surface area contributed by atoms with Crippen molar-refractivity contribution in [3.05, 3.63) is 447 Å². The lowest BCUT2D eigenvalue weighted by Gasteiger charge is -2.29. The van der Waals surface area contributed by atoms with Crippen LogP contribution in [0.1, 0.15) is 62.8 Å².